The standard InChI is InChI=1S/C7H12F3N/c1-2-5(7(8,9)10)6(11)3-4-6/h5H,2-4,11H2,1H3. The molecule has 1 fully saturated rings. The van der Waals surface area contributed by atoms with Crippen LogP contribution in [-0.4, -0.2) is 11.7 Å². The Bertz CT molecular complexity index is 143. The number of hydrogen-bond donors (Lipinski definition) is 1. The van der Waals surface area contributed by atoms with E-state index in [4.69, 9.17) is 5.73 Å². The molecule has 1 saturated carbocycles. The first-order valence-corrected chi connectivity index (χ1v) is 3.76. The zero-order chi connectivity index (χ0) is 8.70. The summed E-state index contributed by atoms with van der Waals surface area (Å²) in [6.07, 6.45) is -2.98. The molecule has 1 rings (SSSR count). The third-order valence-corrected chi connectivity index (χ3v) is 2.32. The van der Waals surface area contributed by atoms with E-state index in [2.05, 4.69) is 0 Å². The third-order valence-electron chi connectivity index (χ3n) is 2.32. The highest BCUT2D eigenvalue weighted by molar-refractivity contribution is 5.05. The van der Waals surface area contributed by atoms with Crippen molar-refractivity contribution >= 4 is 0 Å². The van der Waals surface area contributed by atoms with Crippen LogP contribution in [0.4, 0.5) is 13.2 Å². The van der Waals surface area contributed by atoms with E-state index in [0.717, 1.165) is 0 Å². The van der Waals surface area contributed by atoms with Gasteiger partial charge >= 0.3 is 6.18 Å². The summed E-state index contributed by atoms with van der Waals surface area (Å²) in [5, 5.41) is 0. The smallest absolute Gasteiger partial charge is 0.325 e. The van der Waals surface area contributed by atoms with E-state index >= 15 is 0 Å². The molecule has 0 amide bonds. The summed E-state index contributed by atoms with van der Waals surface area (Å²) in [4.78, 5) is 0. The van der Waals surface area contributed by atoms with Gasteiger partial charge in [0.1, 0.15) is 0 Å². The van der Waals surface area contributed by atoms with E-state index in [0.29, 0.717) is 12.8 Å². The Morgan fingerprint density at radius 2 is 1.91 bits per heavy atom. The van der Waals surface area contributed by atoms with Crippen LogP contribution in [0, 0.1) is 5.92 Å². The van der Waals surface area contributed by atoms with Crippen LogP contribution in [0.15, 0.2) is 0 Å². The average molecular weight is 167 g/mol. The van der Waals surface area contributed by atoms with Crippen LogP contribution in [0.3, 0.4) is 0 Å². The van der Waals surface area contributed by atoms with Crippen molar-refractivity contribution in [3.05, 3.63) is 0 Å². The van der Waals surface area contributed by atoms with Gasteiger partial charge in [0.25, 0.3) is 0 Å². The van der Waals surface area contributed by atoms with Gasteiger partial charge in [0.15, 0.2) is 0 Å². The molecule has 1 atom stereocenters. The van der Waals surface area contributed by atoms with Crippen molar-refractivity contribution in [2.45, 2.75) is 37.9 Å². The average Bonchev–Trinajstić information content (AvgIpc) is 2.45. The lowest BCUT2D eigenvalue weighted by atomic mass is 9.95. The molecular formula is C7H12F3N. The second-order valence-electron chi connectivity index (χ2n) is 3.24. The molecule has 0 aromatic heterocycles. The molecule has 0 radical (unpaired) electrons. The molecule has 0 heterocycles. The minimum absolute atomic E-state index is 0.0972. The van der Waals surface area contributed by atoms with Crippen molar-refractivity contribution in [2.75, 3.05) is 0 Å². The fourth-order valence-electron chi connectivity index (χ4n) is 1.46. The molecule has 2 N–H and O–H groups in total. The molecule has 1 nitrogen and oxygen atoms in total. The summed E-state index contributed by atoms with van der Waals surface area (Å²) in [5.41, 5.74) is 4.54. The topological polar surface area (TPSA) is 26.0 Å². The van der Waals surface area contributed by atoms with Gasteiger partial charge in [0.05, 0.1) is 5.92 Å². The van der Waals surface area contributed by atoms with Gasteiger partial charge < -0.3 is 5.73 Å². The van der Waals surface area contributed by atoms with Gasteiger partial charge in [-0.2, -0.15) is 13.2 Å². The predicted octanol–water partition coefficient (Wildman–Crippen LogP) is 2.07. The highest BCUT2D eigenvalue weighted by atomic mass is 19.4. The van der Waals surface area contributed by atoms with Crippen LogP contribution in [0.5, 0.6) is 0 Å². The molecule has 0 spiro atoms. The first-order valence-electron chi connectivity index (χ1n) is 3.76. The minimum atomic E-state index is -4.11. The van der Waals surface area contributed by atoms with E-state index < -0.39 is 17.6 Å². The molecule has 0 bridgehead atoms. The molecule has 1 aliphatic rings. The Morgan fingerprint density at radius 1 is 1.45 bits per heavy atom. The fourth-order valence-corrected chi connectivity index (χ4v) is 1.46. The molecule has 1 aliphatic carbocycles. The number of alkyl halides is 3. The summed E-state index contributed by atoms with van der Waals surface area (Å²) in [5.74, 6) is -1.30. The third kappa shape index (κ3) is 1.67. The van der Waals surface area contributed by atoms with Crippen molar-refractivity contribution in [1.29, 1.82) is 0 Å². The van der Waals surface area contributed by atoms with Gasteiger partial charge in [0.2, 0.25) is 0 Å². The van der Waals surface area contributed by atoms with Crippen molar-refractivity contribution in [3.8, 4) is 0 Å². The van der Waals surface area contributed by atoms with Crippen LogP contribution in [0.1, 0.15) is 26.2 Å². The van der Waals surface area contributed by atoms with Crippen molar-refractivity contribution in [2.24, 2.45) is 11.7 Å². The quantitative estimate of drug-likeness (QED) is 0.669. The zero-order valence-electron chi connectivity index (χ0n) is 6.41. The normalized spacial score (nSPS) is 24.8. The number of hydrogen-bond acceptors (Lipinski definition) is 1. The maximum atomic E-state index is 12.2. The maximum absolute atomic E-state index is 12.2. The Labute approximate surface area is 63.8 Å². The Balaban J connectivity index is 2.64. The molecular weight excluding hydrogens is 155 g/mol. The lowest BCUT2D eigenvalue weighted by Crippen LogP contribution is -2.41. The van der Waals surface area contributed by atoms with Crippen LogP contribution >= 0.6 is 0 Å². The molecule has 0 aliphatic heterocycles. The van der Waals surface area contributed by atoms with Crippen molar-refractivity contribution < 1.29 is 13.2 Å². The van der Waals surface area contributed by atoms with E-state index in [-0.39, 0.29) is 6.42 Å². The first-order chi connectivity index (χ1) is 4.90. The summed E-state index contributed by atoms with van der Waals surface area (Å²) in [7, 11) is 0. The van der Waals surface area contributed by atoms with E-state index in [9.17, 15) is 13.2 Å². The summed E-state index contributed by atoms with van der Waals surface area (Å²) >= 11 is 0. The Hall–Kier alpha value is -0.250. The summed E-state index contributed by atoms with van der Waals surface area (Å²) in [6, 6.07) is 0. The van der Waals surface area contributed by atoms with Gasteiger partial charge in [-0.3, -0.25) is 0 Å². The van der Waals surface area contributed by atoms with E-state index in [1.807, 2.05) is 0 Å². The number of nitrogens with two attached hydrogens (primary N) is 1. The van der Waals surface area contributed by atoms with Crippen LogP contribution < -0.4 is 5.73 Å². The zero-order valence-corrected chi connectivity index (χ0v) is 6.41. The molecule has 0 aromatic carbocycles. The molecule has 0 saturated heterocycles. The molecule has 1 unspecified atom stereocenters. The predicted molar refractivity (Wildman–Crippen MR) is 36.0 cm³/mol. The van der Waals surface area contributed by atoms with Crippen molar-refractivity contribution in [3.63, 3.8) is 0 Å². The van der Waals surface area contributed by atoms with Gasteiger partial charge in [-0.25, -0.2) is 0 Å². The Morgan fingerprint density at radius 3 is 2.00 bits per heavy atom. The monoisotopic (exact) mass is 167 g/mol. The fraction of sp³-hybridized carbons (Fsp3) is 1.00. The van der Waals surface area contributed by atoms with Gasteiger partial charge in [-0.1, -0.05) is 6.92 Å². The lowest BCUT2D eigenvalue weighted by molar-refractivity contribution is -0.183. The maximum Gasteiger partial charge on any atom is 0.393 e. The van der Waals surface area contributed by atoms with Crippen LogP contribution in [-0.2, 0) is 0 Å². The second-order valence-corrected chi connectivity index (χ2v) is 3.24. The molecule has 0 aromatic rings. The van der Waals surface area contributed by atoms with Gasteiger partial charge in [-0.05, 0) is 19.3 Å². The van der Waals surface area contributed by atoms with Crippen molar-refractivity contribution in [1.82, 2.24) is 0 Å². The number of halogens is 3. The molecule has 66 valence electrons. The highest BCUT2D eigenvalue weighted by Crippen LogP contribution is 2.48. The first kappa shape index (κ1) is 8.84. The largest absolute Gasteiger partial charge is 0.393 e. The Kier molecular flexibility index (Phi) is 1.90. The summed E-state index contributed by atoms with van der Waals surface area (Å²) in [6.45, 7) is 1.53. The van der Waals surface area contributed by atoms with Gasteiger partial charge in [0, 0.05) is 5.54 Å². The van der Waals surface area contributed by atoms with Crippen LogP contribution in [0.25, 0.3) is 0 Å². The SMILES string of the molecule is CCC(C(F)(F)F)C1(N)CC1. The minimum Gasteiger partial charge on any atom is -0.325 e. The second kappa shape index (κ2) is 2.37. The number of rotatable bonds is 2. The summed E-state index contributed by atoms with van der Waals surface area (Å²) < 4.78 is 36.5. The molecule has 11 heavy (non-hydrogen) atoms. The van der Waals surface area contributed by atoms with Gasteiger partial charge in [-0.15, -0.1) is 0 Å². The highest BCUT2D eigenvalue weighted by Gasteiger charge is 2.56. The van der Waals surface area contributed by atoms with E-state index in [1.54, 1.807) is 0 Å². The van der Waals surface area contributed by atoms with E-state index in [1.165, 1.54) is 6.92 Å². The molecule has 4 heteroatoms. The lowest BCUT2D eigenvalue weighted by Gasteiger charge is -2.24. The van der Waals surface area contributed by atoms with Crippen LogP contribution in [0.2, 0.25) is 0 Å².